The highest BCUT2D eigenvalue weighted by atomic mass is 79.9. The van der Waals surface area contributed by atoms with Crippen LogP contribution < -0.4 is 9.80 Å². The van der Waals surface area contributed by atoms with Crippen molar-refractivity contribution in [2.75, 3.05) is 15.1 Å². The maximum absolute atomic E-state index is 3.61. The number of anilines is 6. The monoisotopic (exact) mass is 815 g/mol. The number of halogens is 1. The van der Waals surface area contributed by atoms with E-state index in [0.29, 0.717) is 0 Å². The first-order valence-corrected chi connectivity index (χ1v) is 21.5. The van der Waals surface area contributed by atoms with Crippen LogP contribution in [0.15, 0.2) is 206 Å². The van der Waals surface area contributed by atoms with Crippen LogP contribution in [0.3, 0.4) is 0 Å². The smallest absolute Gasteiger partial charge is 0.0491 e. The molecule has 3 nitrogen and oxygen atoms in total. The second-order valence-corrected chi connectivity index (χ2v) is 15.6. The van der Waals surface area contributed by atoms with Crippen LogP contribution in [0.4, 0.5) is 34.1 Å². The first kappa shape index (κ1) is 37.2. The molecular formula is C54H46BrN3. The number of hydrogen-bond acceptors (Lipinski definition) is 2. The zero-order chi connectivity index (χ0) is 39.1. The Morgan fingerprint density at radius 3 is 1.02 bits per heavy atom. The summed E-state index contributed by atoms with van der Waals surface area (Å²) in [4.78, 5) is 4.63. The summed E-state index contributed by atoms with van der Waals surface area (Å²) in [6, 6.07) is 74.5. The summed E-state index contributed by atoms with van der Waals surface area (Å²) in [5, 5.41) is 3.67. The van der Waals surface area contributed by atoms with Crippen molar-refractivity contribution in [3.05, 3.63) is 206 Å². The largest absolute Gasteiger partial charge is 0.340 e. The van der Waals surface area contributed by atoms with E-state index in [0.717, 1.165) is 52.4 Å². The Balaban J connectivity index is 1.08. The third-order valence-corrected chi connectivity index (χ3v) is 11.7. The van der Waals surface area contributed by atoms with Gasteiger partial charge >= 0.3 is 0 Å². The summed E-state index contributed by atoms with van der Waals surface area (Å²) in [6.45, 7) is 1.01. The molecule has 0 N–H and O–H groups in total. The molecule has 0 amide bonds. The van der Waals surface area contributed by atoms with Crippen LogP contribution in [0, 0.1) is 0 Å². The average molecular weight is 817 g/mol. The fourth-order valence-corrected chi connectivity index (χ4v) is 8.63. The topological polar surface area (TPSA) is 11.4 Å². The third-order valence-electron chi connectivity index (χ3n) is 11.1. The fraction of sp³-hybridized carbons (Fsp3) is 0.111. The lowest BCUT2D eigenvalue weighted by Crippen LogP contribution is -2.09. The molecule has 9 aromatic rings. The van der Waals surface area contributed by atoms with Crippen molar-refractivity contribution in [2.24, 2.45) is 0 Å². The van der Waals surface area contributed by atoms with Gasteiger partial charge in [-0.1, -0.05) is 138 Å². The normalized spacial score (nSPS) is 11.3. The molecule has 0 saturated heterocycles. The highest BCUT2D eigenvalue weighted by Crippen LogP contribution is 2.40. The Bertz CT molecular complexity index is 2450. The van der Waals surface area contributed by atoms with E-state index in [1.165, 1.54) is 63.3 Å². The summed E-state index contributed by atoms with van der Waals surface area (Å²) >= 11 is 3.61. The predicted octanol–water partition coefficient (Wildman–Crippen LogP) is 16.0. The highest BCUT2D eigenvalue weighted by molar-refractivity contribution is 9.09. The van der Waals surface area contributed by atoms with Gasteiger partial charge in [0.1, 0.15) is 0 Å². The fourth-order valence-electron chi connectivity index (χ4n) is 8.23. The van der Waals surface area contributed by atoms with Crippen LogP contribution in [0.2, 0.25) is 0 Å². The van der Waals surface area contributed by atoms with Gasteiger partial charge in [0.25, 0.3) is 0 Å². The summed E-state index contributed by atoms with van der Waals surface area (Å²) in [7, 11) is 0. The molecule has 0 aliphatic rings. The van der Waals surface area contributed by atoms with E-state index in [1.807, 2.05) is 0 Å². The zero-order valence-corrected chi connectivity index (χ0v) is 34.2. The van der Waals surface area contributed by atoms with E-state index in [-0.39, 0.29) is 0 Å². The molecule has 0 saturated carbocycles. The van der Waals surface area contributed by atoms with Gasteiger partial charge < -0.3 is 14.4 Å². The van der Waals surface area contributed by atoms with Gasteiger partial charge in [0.2, 0.25) is 0 Å². The highest BCUT2D eigenvalue weighted by Gasteiger charge is 2.16. The predicted molar refractivity (Wildman–Crippen MR) is 252 cm³/mol. The number of fused-ring (bicyclic) bond motifs is 3. The van der Waals surface area contributed by atoms with Gasteiger partial charge in [-0.25, -0.2) is 0 Å². The standard InChI is InChI=1S/C54H46BrN3/c55-37-15-1-2-16-38-56-53-35-29-43(41-25-31-49(32-26-41)57(45-17-7-3-8-18-45)46-19-9-4-10-20-46)39-51(53)52-40-44(30-36-54(52)56)42-27-33-50(34-28-42)58(47-21-11-5-12-22-47)48-23-13-6-14-24-48/h3-14,17-36,39-40H,1-2,15-16,37-38H2. The quantitative estimate of drug-likeness (QED) is 0.0800. The molecule has 0 bridgehead atoms. The number of para-hydroxylation sites is 4. The molecule has 0 aliphatic heterocycles. The number of benzene rings is 8. The van der Waals surface area contributed by atoms with Gasteiger partial charge in [-0.05, 0) is 132 Å². The van der Waals surface area contributed by atoms with Crippen molar-refractivity contribution in [1.82, 2.24) is 4.57 Å². The molecule has 4 heteroatoms. The Labute approximate surface area is 350 Å². The zero-order valence-electron chi connectivity index (χ0n) is 32.6. The molecule has 284 valence electrons. The van der Waals surface area contributed by atoms with Crippen molar-refractivity contribution in [3.8, 4) is 22.3 Å². The van der Waals surface area contributed by atoms with Crippen LogP contribution in [0.25, 0.3) is 44.1 Å². The lowest BCUT2D eigenvalue weighted by Gasteiger charge is -2.25. The number of alkyl halides is 1. The van der Waals surface area contributed by atoms with Crippen molar-refractivity contribution in [3.63, 3.8) is 0 Å². The van der Waals surface area contributed by atoms with Gasteiger partial charge in [-0.3, -0.25) is 0 Å². The Morgan fingerprint density at radius 2 is 0.655 bits per heavy atom. The minimum atomic E-state index is 1.01. The number of unbranched alkanes of at least 4 members (excludes halogenated alkanes) is 3. The van der Waals surface area contributed by atoms with E-state index in [4.69, 9.17) is 0 Å². The van der Waals surface area contributed by atoms with Crippen molar-refractivity contribution < 1.29 is 0 Å². The summed E-state index contributed by atoms with van der Waals surface area (Å²) in [6.07, 6.45) is 4.87. The third kappa shape index (κ3) is 7.81. The summed E-state index contributed by atoms with van der Waals surface area (Å²) < 4.78 is 2.55. The van der Waals surface area contributed by atoms with Crippen LogP contribution in [0.1, 0.15) is 25.7 Å². The molecule has 1 aromatic heterocycles. The lowest BCUT2D eigenvalue weighted by molar-refractivity contribution is 0.605. The maximum atomic E-state index is 3.61. The Hall–Kier alpha value is -6.36. The maximum Gasteiger partial charge on any atom is 0.0491 e. The summed E-state index contributed by atoms with van der Waals surface area (Å²) in [5.74, 6) is 0. The van der Waals surface area contributed by atoms with E-state index in [2.05, 4.69) is 237 Å². The van der Waals surface area contributed by atoms with E-state index < -0.39 is 0 Å². The van der Waals surface area contributed by atoms with Gasteiger partial charge in [0, 0.05) is 67.8 Å². The van der Waals surface area contributed by atoms with Crippen LogP contribution in [-0.4, -0.2) is 9.90 Å². The second-order valence-electron chi connectivity index (χ2n) is 14.8. The van der Waals surface area contributed by atoms with Gasteiger partial charge in [0.15, 0.2) is 0 Å². The molecule has 1 heterocycles. The molecule has 0 spiro atoms. The van der Waals surface area contributed by atoms with Gasteiger partial charge in [0.05, 0.1) is 0 Å². The molecule has 58 heavy (non-hydrogen) atoms. The SMILES string of the molecule is BrCCCCCCn1c2ccc(-c3ccc(N(c4ccccc4)c4ccccc4)cc3)cc2c2cc(-c3ccc(N(c4ccccc4)c4ccccc4)cc3)ccc21. The number of aryl methyl sites for hydroxylation is 1. The van der Waals surface area contributed by atoms with Crippen molar-refractivity contribution in [1.29, 1.82) is 0 Å². The second kappa shape index (κ2) is 17.4. The molecule has 0 atom stereocenters. The average Bonchev–Trinajstić information content (AvgIpc) is 3.60. The Kier molecular flexibility index (Phi) is 11.2. The summed E-state index contributed by atoms with van der Waals surface area (Å²) in [5.41, 5.74) is 14.2. The van der Waals surface area contributed by atoms with Crippen molar-refractivity contribution in [2.45, 2.75) is 32.2 Å². The molecule has 8 aromatic carbocycles. The van der Waals surface area contributed by atoms with Crippen LogP contribution in [-0.2, 0) is 6.54 Å². The number of hydrogen-bond donors (Lipinski definition) is 0. The van der Waals surface area contributed by atoms with E-state index in [1.54, 1.807) is 0 Å². The molecule has 9 rings (SSSR count). The number of nitrogens with zero attached hydrogens (tertiary/aromatic N) is 3. The number of aromatic nitrogens is 1. The van der Waals surface area contributed by atoms with Gasteiger partial charge in [-0.2, -0.15) is 0 Å². The number of rotatable bonds is 14. The first-order chi connectivity index (χ1) is 28.7. The molecule has 0 aliphatic carbocycles. The lowest BCUT2D eigenvalue weighted by atomic mass is 9.99. The first-order valence-electron chi connectivity index (χ1n) is 20.4. The van der Waals surface area contributed by atoms with Crippen LogP contribution in [0.5, 0.6) is 0 Å². The molecule has 0 fully saturated rings. The molecule has 0 radical (unpaired) electrons. The Morgan fingerprint density at radius 1 is 0.328 bits per heavy atom. The van der Waals surface area contributed by atoms with Gasteiger partial charge in [-0.15, -0.1) is 0 Å². The van der Waals surface area contributed by atoms with E-state index in [9.17, 15) is 0 Å². The minimum absolute atomic E-state index is 1.01. The molecular weight excluding hydrogens is 771 g/mol. The van der Waals surface area contributed by atoms with Crippen molar-refractivity contribution >= 4 is 71.9 Å². The van der Waals surface area contributed by atoms with E-state index >= 15 is 0 Å². The minimum Gasteiger partial charge on any atom is -0.340 e. The van der Waals surface area contributed by atoms with Crippen LogP contribution >= 0.6 is 15.9 Å². The molecule has 0 unspecified atom stereocenters.